The van der Waals surface area contributed by atoms with Gasteiger partial charge in [0, 0.05) is 38.4 Å². The number of imidazole rings is 1. The SMILES string of the molecule is Cc1noc(C)c1S(=O)(=O)Nc1ccc2c(c1)C(=O)N([C@@H](C)CO)C[C@H](C)[C@H](CN(C)S(=O)(=O)c1cn(C)cn1)O2. The van der Waals surface area contributed by atoms with E-state index in [9.17, 15) is 26.7 Å². The molecule has 0 bridgehead atoms. The van der Waals surface area contributed by atoms with Crippen molar-refractivity contribution in [2.45, 2.75) is 49.8 Å². The standard InChI is InChI=1S/C25H34N6O8S2/c1-15-10-31(16(2)13-32)25(33)20-9-19(28-40(34,35)24-17(3)27-39-18(24)4)7-8-21(20)38-22(15)11-30(6)41(36,37)23-12-29(5)14-26-23/h7-9,12,14-16,22,28,32H,10-11,13H2,1-6H3/t15-,16-,22-/m0/s1. The van der Waals surface area contributed by atoms with Crippen LogP contribution < -0.4 is 9.46 Å². The molecule has 1 aromatic carbocycles. The average molecular weight is 611 g/mol. The number of aromatic nitrogens is 3. The van der Waals surface area contributed by atoms with Gasteiger partial charge in [-0.2, -0.15) is 4.31 Å². The summed E-state index contributed by atoms with van der Waals surface area (Å²) in [5.74, 6) is -0.560. The minimum absolute atomic E-state index is 0.0522. The van der Waals surface area contributed by atoms with Gasteiger partial charge < -0.3 is 23.8 Å². The van der Waals surface area contributed by atoms with Gasteiger partial charge in [0.25, 0.3) is 26.0 Å². The molecule has 0 aliphatic carbocycles. The van der Waals surface area contributed by atoms with Crippen molar-refractivity contribution in [3.8, 4) is 5.75 Å². The number of fused-ring (bicyclic) bond motifs is 1. The monoisotopic (exact) mass is 610 g/mol. The highest BCUT2D eigenvalue weighted by Gasteiger charge is 2.36. The highest BCUT2D eigenvalue weighted by Crippen LogP contribution is 2.32. The molecule has 0 radical (unpaired) electrons. The van der Waals surface area contributed by atoms with Crippen molar-refractivity contribution in [1.82, 2.24) is 23.9 Å². The fourth-order valence-electron chi connectivity index (χ4n) is 4.60. The molecule has 14 nitrogen and oxygen atoms in total. The third-order valence-electron chi connectivity index (χ3n) is 6.95. The van der Waals surface area contributed by atoms with E-state index in [0.717, 1.165) is 4.31 Å². The number of ether oxygens (including phenoxy) is 1. The van der Waals surface area contributed by atoms with Gasteiger partial charge in [-0.05, 0) is 39.0 Å². The number of nitrogens with one attached hydrogen (secondary N) is 1. The molecule has 0 unspecified atom stereocenters. The van der Waals surface area contributed by atoms with Gasteiger partial charge in [-0.15, -0.1) is 0 Å². The van der Waals surface area contributed by atoms with Gasteiger partial charge >= 0.3 is 0 Å². The Bertz CT molecular complexity index is 1630. The zero-order valence-corrected chi connectivity index (χ0v) is 25.2. The molecule has 4 rings (SSSR count). The molecule has 0 fully saturated rings. The minimum atomic E-state index is -4.10. The van der Waals surface area contributed by atoms with E-state index in [4.69, 9.17) is 9.26 Å². The van der Waals surface area contributed by atoms with Crippen molar-refractivity contribution in [3.63, 3.8) is 0 Å². The number of nitrogens with zero attached hydrogens (tertiary/aromatic N) is 5. The lowest BCUT2D eigenvalue weighted by Crippen LogP contribution is -2.50. The van der Waals surface area contributed by atoms with Gasteiger partial charge in [-0.3, -0.25) is 9.52 Å². The second-order valence-electron chi connectivity index (χ2n) is 10.3. The lowest BCUT2D eigenvalue weighted by Gasteiger charge is -2.38. The second-order valence-corrected chi connectivity index (χ2v) is 13.9. The summed E-state index contributed by atoms with van der Waals surface area (Å²) in [5, 5.41) is 13.5. The summed E-state index contributed by atoms with van der Waals surface area (Å²) >= 11 is 0. The van der Waals surface area contributed by atoms with Crippen LogP contribution >= 0.6 is 0 Å². The molecular weight excluding hydrogens is 576 g/mol. The molecule has 224 valence electrons. The number of amides is 1. The van der Waals surface area contributed by atoms with Crippen molar-refractivity contribution in [3.05, 3.63) is 47.7 Å². The zero-order valence-electron chi connectivity index (χ0n) is 23.6. The Balaban J connectivity index is 1.70. The van der Waals surface area contributed by atoms with Crippen LogP contribution in [0.4, 0.5) is 5.69 Å². The van der Waals surface area contributed by atoms with E-state index in [1.807, 2.05) is 6.92 Å². The van der Waals surface area contributed by atoms with Crippen molar-refractivity contribution in [1.29, 1.82) is 0 Å². The van der Waals surface area contributed by atoms with Crippen LogP contribution in [0, 0.1) is 19.8 Å². The van der Waals surface area contributed by atoms with Crippen molar-refractivity contribution < 1.29 is 36.0 Å². The Labute approximate surface area is 239 Å². The predicted octanol–water partition coefficient (Wildman–Crippen LogP) is 1.37. The summed E-state index contributed by atoms with van der Waals surface area (Å²) in [6.07, 6.45) is 2.09. The Morgan fingerprint density at radius 1 is 1.24 bits per heavy atom. The fraction of sp³-hybridized carbons (Fsp3) is 0.480. The molecule has 0 saturated carbocycles. The third kappa shape index (κ3) is 6.10. The number of carbonyl (C=O) groups is 1. The van der Waals surface area contributed by atoms with Crippen LogP contribution in [0.3, 0.4) is 0 Å². The molecule has 1 aliphatic heterocycles. The largest absolute Gasteiger partial charge is 0.488 e. The molecular formula is C25H34N6O8S2. The summed E-state index contributed by atoms with van der Waals surface area (Å²) in [4.78, 5) is 19.0. The maximum absolute atomic E-state index is 13.7. The van der Waals surface area contributed by atoms with Crippen molar-refractivity contribution >= 4 is 31.6 Å². The molecule has 3 atom stereocenters. The van der Waals surface area contributed by atoms with E-state index in [0.29, 0.717) is 0 Å². The van der Waals surface area contributed by atoms with Crippen LogP contribution in [0.15, 0.2) is 45.2 Å². The Kier molecular flexibility index (Phi) is 8.50. The average Bonchev–Trinajstić information content (AvgIpc) is 3.50. The fourth-order valence-corrected chi connectivity index (χ4v) is 7.13. The first-order chi connectivity index (χ1) is 19.1. The number of anilines is 1. The van der Waals surface area contributed by atoms with Crippen LogP contribution in [-0.2, 0) is 27.1 Å². The first kappa shape index (κ1) is 30.5. The third-order valence-corrected chi connectivity index (χ3v) is 10.3. The Morgan fingerprint density at radius 3 is 2.54 bits per heavy atom. The number of rotatable bonds is 9. The van der Waals surface area contributed by atoms with Crippen LogP contribution in [0.1, 0.15) is 35.7 Å². The molecule has 1 aliphatic rings. The summed E-state index contributed by atoms with van der Waals surface area (Å²) in [6, 6.07) is 3.68. The number of aryl methyl sites for hydroxylation is 3. The quantitative estimate of drug-likeness (QED) is 0.360. The number of hydrogen-bond acceptors (Lipinski definition) is 10. The summed E-state index contributed by atoms with van der Waals surface area (Å²) in [7, 11) is -4.94. The van der Waals surface area contributed by atoms with E-state index in [1.165, 1.54) is 61.1 Å². The number of aliphatic hydroxyl groups excluding tert-OH is 1. The van der Waals surface area contributed by atoms with Gasteiger partial charge in [-0.25, -0.2) is 21.8 Å². The maximum atomic E-state index is 13.7. The van der Waals surface area contributed by atoms with Gasteiger partial charge in [0.15, 0.2) is 15.7 Å². The van der Waals surface area contributed by atoms with Crippen molar-refractivity contribution in [2.75, 3.05) is 31.5 Å². The molecule has 0 saturated heterocycles. The number of aliphatic hydroxyl groups is 1. The summed E-state index contributed by atoms with van der Waals surface area (Å²) in [5.41, 5.74) is 0.332. The normalized spacial score (nSPS) is 18.9. The highest BCUT2D eigenvalue weighted by atomic mass is 32.2. The van der Waals surface area contributed by atoms with Crippen molar-refractivity contribution in [2.24, 2.45) is 13.0 Å². The van der Waals surface area contributed by atoms with Gasteiger partial charge in [-0.1, -0.05) is 12.1 Å². The molecule has 41 heavy (non-hydrogen) atoms. The number of likely N-dealkylation sites (N-methyl/N-ethyl adjacent to an activating group) is 1. The van der Waals surface area contributed by atoms with E-state index >= 15 is 0 Å². The number of carbonyl (C=O) groups excluding carboxylic acids is 1. The molecule has 2 N–H and O–H groups in total. The van der Waals surface area contributed by atoms with Gasteiger partial charge in [0.2, 0.25) is 0 Å². The van der Waals surface area contributed by atoms with Crippen LogP contribution in [0.25, 0.3) is 0 Å². The lowest BCUT2D eigenvalue weighted by molar-refractivity contribution is 0.0387. The van der Waals surface area contributed by atoms with E-state index in [2.05, 4.69) is 14.9 Å². The number of sulfonamides is 2. The molecule has 2 aromatic heterocycles. The summed E-state index contributed by atoms with van der Waals surface area (Å²) in [6.45, 7) is 6.27. The first-order valence-corrected chi connectivity index (χ1v) is 15.7. The molecule has 3 heterocycles. The number of benzene rings is 1. The molecule has 16 heteroatoms. The topological polar surface area (TPSA) is 177 Å². The molecule has 1 amide bonds. The van der Waals surface area contributed by atoms with E-state index in [-0.39, 0.29) is 64.0 Å². The summed E-state index contributed by atoms with van der Waals surface area (Å²) < 4.78 is 68.8. The minimum Gasteiger partial charge on any atom is -0.488 e. The first-order valence-electron chi connectivity index (χ1n) is 12.8. The van der Waals surface area contributed by atoms with Crippen LogP contribution in [-0.4, -0.2) is 90.7 Å². The van der Waals surface area contributed by atoms with Gasteiger partial charge in [0.05, 0.1) is 31.1 Å². The van der Waals surface area contributed by atoms with E-state index < -0.39 is 38.1 Å². The predicted molar refractivity (Wildman–Crippen MR) is 147 cm³/mol. The Hall–Kier alpha value is -3.47. The van der Waals surface area contributed by atoms with E-state index in [1.54, 1.807) is 14.0 Å². The van der Waals surface area contributed by atoms with Gasteiger partial charge in [0.1, 0.15) is 17.5 Å². The van der Waals surface area contributed by atoms with Crippen LogP contribution in [0.2, 0.25) is 0 Å². The smallest absolute Gasteiger partial charge is 0.267 e. The molecule has 0 spiro atoms. The number of hydrogen-bond donors (Lipinski definition) is 2. The zero-order chi connectivity index (χ0) is 30.3. The molecule has 3 aromatic rings. The van der Waals surface area contributed by atoms with Crippen LogP contribution in [0.5, 0.6) is 5.75 Å². The maximum Gasteiger partial charge on any atom is 0.267 e. The Morgan fingerprint density at radius 2 is 1.95 bits per heavy atom. The lowest BCUT2D eigenvalue weighted by atomic mass is 9.99. The second kappa shape index (κ2) is 11.4. The highest BCUT2D eigenvalue weighted by molar-refractivity contribution is 7.92.